The highest BCUT2D eigenvalue weighted by atomic mass is 32.2. The van der Waals surface area contributed by atoms with Gasteiger partial charge in [0.2, 0.25) is 0 Å². The fourth-order valence-corrected chi connectivity index (χ4v) is 6.38. The van der Waals surface area contributed by atoms with E-state index in [1.165, 1.54) is 0 Å². The van der Waals surface area contributed by atoms with E-state index < -0.39 is 5.51 Å². The molecule has 2 nitrogen and oxygen atoms in total. The minimum Gasteiger partial charge on any atom is -0.311 e. The van der Waals surface area contributed by atoms with Crippen LogP contribution in [0.2, 0.25) is 0 Å². The molecule has 2 aliphatic heterocycles. The molecule has 0 amide bonds. The van der Waals surface area contributed by atoms with Gasteiger partial charge in [-0.25, -0.2) is 0 Å². The fraction of sp³-hybridized carbons (Fsp3) is 0.0323. The molecule has 0 saturated heterocycles. The Morgan fingerprint density at radius 2 is 0.947 bits per heavy atom. The van der Waals surface area contributed by atoms with Crippen LogP contribution in [0, 0.1) is 0 Å². The first-order valence-corrected chi connectivity index (χ1v) is 13.1. The smallest absolute Gasteiger partial charge is 0.311 e. The summed E-state index contributed by atoms with van der Waals surface area (Å²) in [5, 5.41) is 0. The van der Waals surface area contributed by atoms with E-state index >= 15 is 0 Å². The van der Waals surface area contributed by atoms with E-state index in [0.29, 0.717) is 0 Å². The molecule has 0 radical (unpaired) electrons. The number of thioether (sulfide) groups is 1. The second-order valence-corrected chi connectivity index (χ2v) is 10.5. The third-order valence-corrected chi connectivity index (χ3v) is 7.82. The lowest BCUT2D eigenvalue weighted by atomic mass is 9.33. The molecule has 0 aliphatic carbocycles. The first kappa shape index (κ1) is 23.1. The third kappa shape index (κ3) is 3.69. The highest BCUT2D eigenvalue weighted by molar-refractivity contribution is 8.00. The molecular weight excluding hydrogens is 500 g/mol. The number of hydrogen-bond acceptors (Lipinski definition) is 3. The Morgan fingerprint density at radius 1 is 0.526 bits per heavy atom. The van der Waals surface area contributed by atoms with Crippen LogP contribution in [0.25, 0.3) is 0 Å². The van der Waals surface area contributed by atoms with Gasteiger partial charge in [-0.15, -0.1) is 0 Å². The zero-order valence-corrected chi connectivity index (χ0v) is 20.9. The number of hydrogen-bond donors (Lipinski definition) is 0. The van der Waals surface area contributed by atoms with E-state index in [-0.39, 0.29) is 23.4 Å². The topological polar surface area (TPSA) is 6.48 Å². The number of alkyl halides is 3. The van der Waals surface area contributed by atoms with Gasteiger partial charge >= 0.3 is 5.51 Å². The average Bonchev–Trinajstić information content (AvgIpc) is 2.93. The highest BCUT2D eigenvalue weighted by Crippen LogP contribution is 2.47. The summed E-state index contributed by atoms with van der Waals surface area (Å²) in [5.74, 6) is 0. The molecule has 7 heteroatoms. The molecule has 0 fully saturated rings. The molecule has 0 bridgehead atoms. The van der Waals surface area contributed by atoms with Gasteiger partial charge in [0.1, 0.15) is 0 Å². The summed E-state index contributed by atoms with van der Waals surface area (Å²) in [7, 11) is 0. The second-order valence-electron chi connectivity index (χ2n) is 9.32. The fourth-order valence-electron chi connectivity index (χ4n) is 5.78. The van der Waals surface area contributed by atoms with Gasteiger partial charge in [0.25, 0.3) is 6.71 Å². The number of benzene rings is 5. The van der Waals surface area contributed by atoms with Gasteiger partial charge in [-0.05, 0) is 76.7 Å². The number of anilines is 6. The van der Waals surface area contributed by atoms with Crippen LogP contribution in [0.3, 0.4) is 0 Å². The van der Waals surface area contributed by atoms with Gasteiger partial charge < -0.3 is 9.80 Å². The highest BCUT2D eigenvalue weighted by Gasteiger charge is 2.43. The van der Waals surface area contributed by atoms with Crippen molar-refractivity contribution in [1.82, 2.24) is 0 Å². The van der Waals surface area contributed by atoms with E-state index in [1.54, 1.807) is 12.1 Å². The number of halogens is 3. The number of fused-ring (bicyclic) bond motifs is 4. The van der Waals surface area contributed by atoms with Crippen LogP contribution in [0.15, 0.2) is 126 Å². The minimum atomic E-state index is -4.41. The first-order chi connectivity index (χ1) is 18.5. The molecule has 38 heavy (non-hydrogen) atoms. The lowest BCUT2D eigenvalue weighted by Crippen LogP contribution is -2.61. The van der Waals surface area contributed by atoms with Gasteiger partial charge in [-0.1, -0.05) is 72.8 Å². The summed E-state index contributed by atoms with van der Waals surface area (Å²) in [4.78, 5) is 4.36. The van der Waals surface area contributed by atoms with E-state index in [4.69, 9.17) is 0 Å². The number of rotatable bonds is 3. The molecule has 0 aromatic heterocycles. The Kier molecular flexibility index (Phi) is 5.30. The zero-order valence-electron chi connectivity index (χ0n) is 20.1. The summed E-state index contributed by atoms with van der Waals surface area (Å²) >= 11 is -0.0679. The summed E-state index contributed by atoms with van der Waals surface area (Å²) < 4.78 is 41.3. The van der Waals surface area contributed by atoms with E-state index in [9.17, 15) is 13.2 Å². The number of nitrogens with zero attached hydrogens (tertiary/aromatic N) is 2. The molecule has 0 unspecified atom stereocenters. The van der Waals surface area contributed by atoms with Crippen molar-refractivity contribution in [3.63, 3.8) is 0 Å². The molecule has 5 aromatic rings. The molecule has 0 atom stereocenters. The van der Waals surface area contributed by atoms with Crippen molar-refractivity contribution in [3.05, 3.63) is 121 Å². The largest absolute Gasteiger partial charge is 0.446 e. The van der Waals surface area contributed by atoms with Crippen LogP contribution in [0.1, 0.15) is 0 Å². The summed E-state index contributed by atoms with van der Waals surface area (Å²) in [6.45, 7) is -0.114. The molecule has 2 heterocycles. The predicted molar refractivity (Wildman–Crippen MR) is 152 cm³/mol. The molecule has 0 spiro atoms. The normalized spacial score (nSPS) is 13.6. The summed E-state index contributed by atoms with van der Waals surface area (Å²) in [6, 6.07) is 39.5. The van der Waals surface area contributed by atoms with Crippen molar-refractivity contribution < 1.29 is 13.2 Å². The van der Waals surface area contributed by atoms with Gasteiger partial charge in [-0.3, -0.25) is 0 Å². The third-order valence-electron chi connectivity index (χ3n) is 7.12. The average molecular weight is 520 g/mol. The lowest BCUT2D eigenvalue weighted by Gasteiger charge is -2.44. The predicted octanol–water partition coefficient (Wildman–Crippen LogP) is 7.38. The van der Waals surface area contributed by atoms with Gasteiger partial charge in [0, 0.05) is 39.0 Å². The van der Waals surface area contributed by atoms with Crippen LogP contribution >= 0.6 is 11.8 Å². The van der Waals surface area contributed by atoms with Crippen molar-refractivity contribution in [2.75, 3.05) is 9.80 Å². The maximum absolute atomic E-state index is 13.8. The summed E-state index contributed by atoms with van der Waals surface area (Å²) in [5.41, 5.74) is 4.12. The van der Waals surface area contributed by atoms with Crippen LogP contribution in [0.5, 0.6) is 0 Å². The van der Waals surface area contributed by atoms with Crippen molar-refractivity contribution in [2.24, 2.45) is 0 Å². The molecule has 7 rings (SSSR count). The van der Waals surface area contributed by atoms with Crippen molar-refractivity contribution >= 4 is 69.0 Å². The van der Waals surface area contributed by atoms with Crippen LogP contribution < -0.4 is 26.2 Å². The quantitative estimate of drug-likeness (QED) is 0.177. The van der Waals surface area contributed by atoms with Gasteiger partial charge in [0.05, 0.1) is 0 Å². The second kappa shape index (κ2) is 8.74. The molecule has 2 aliphatic rings. The van der Waals surface area contributed by atoms with Crippen LogP contribution in [-0.4, -0.2) is 12.2 Å². The lowest BCUT2D eigenvalue weighted by molar-refractivity contribution is -0.0328. The Morgan fingerprint density at radius 3 is 1.39 bits per heavy atom. The minimum absolute atomic E-state index is 0.0679. The molecule has 0 saturated carbocycles. The van der Waals surface area contributed by atoms with Gasteiger partial charge in [0.15, 0.2) is 0 Å². The maximum atomic E-state index is 13.8. The Labute approximate surface area is 223 Å². The van der Waals surface area contributed by atoms with Crippen molar-refractivity contribution in [1.29, 1.82) is 0 Å². The Bertz CT molecular complexity index is 1550. The van der Waals surface area contributed by atoms with E-state index in [2.05, 4.69) is 34.1 Å². The Balaban J connectivity index is 1.60. The monoisotopic (exact) mass is 520 g/mol. The van der Waals surface area contributed by atoms with Gasteiger partial charge in [-0.2, -0.15) is 13.2 Å². The SMILES string of the molecule is FC(F)(F)Sc1cc2c3c(c1)N(c1ccccc1)c1ccccc1B3c1ccccc1N2c1ccccc1. The van der Waals surface area contributed by atoms with Crippen LogP contribution in [0.4, 0.5) is 47.3 Å². The van der Waals surface area contributed by atoms with E-state index in [1.807, 2.05) is 84.9 Å². The summed E-state index contributed by atoms with van der Waals surface area (Å²) in [6.07, 6.45) is 0. The number of para-hydroxylation sites is 4. The zero-order chi connectivity index (χ0) is 25.9. The molecular formula is C31H20BF3N2S. The molecule has 184 valence electrons. The van der Waals surface area contributed by atoms with Crippen molar-refractivity contribution in [2.45, 2.75) is 10.4 Å². The first-order valence-electron chi connectivity index (χ1n) is 12.3. The van der Waals surface area contributed by atoms with Crippen LogP contribution in [-0.2, 0) is 0 Å². The Hall–Kier alpha value is -4.10. The molecule has 5 aromatic carbocycles. The maximum Gasteiger partial charge on any atom is 0.446 e. The van der Waals surface area contributed by atoms with Crippen molar-refractivity contribution in [3.8, 4) is 0 Å². The standard InChI is InChI=1S/C31H20BF3N2S/c33-31(34,35)38-23-19-28-30-29(20-23)37(22-13-5-2-6-14-22)27-18-10-8-16-25(27)32(30)24-15-7-9-17-26(24)36(28)21-11-3-1-4-12-21/h1-20H. The molecule has 0 N–H and O–H groups in total. The van der Waals surface area contributed by atoms with E-state index in [0.717, 1.165) is 50.5 Å².